The molecule has 1 aliphatic carbocycles. The average Bonchev–Trinajstić information content (AvgIpc) is 3.18. The van der Waals surface area contributed by atoms with Crippen molar-refractivity contribution in [3.63, 3.8) is 0 Å². The first kappa shape index (κ1) is 24.4. The normalized spacial score (nSPS) is 21.3. The zero-order valence-electron chi connectivity index (χ0n) is 17.4. The molecule has 8 heteroatoms. The number of hydrogen-bond donors (Lipinski definition) is 2. The minimum Gasteiger partial charge on any atom is -0.357 e. The van der Waals surface area contributed by atoms with Crippen molar-refractivity contribution < 1.29 is 8.42 Å². The van der Waals surface area contributed by atoms with Crippen molar-refractivity contribution in [1.82, 2.24) is 15.5 Å². The molecule has 1 heterocycles. The molecule has 2 aliphatic rings. The zero-order valence-corrected chi connectivity index (χ0v) is 20.5. The van der Waals surface area contributed by atoms with Gasteiger partial charge in [0.05, 0.1) is 18.1 Å². The van der Waals surface area contributed by atoms with Crippen LogP contribution >= 0.6 is 24.0 Å². The van der Waals surface area contributed by atoms with Crippen molar-refractivity contribution in [2.45, 2.75) is 38.0 Å². The molecule has 0 aromatic heterocycles. The Kier molecular flexibility index (Phi) is 9.68. The highest BCUT2D eigenvalue weighted by Crippen LogP contribution is 2.41. The van der Waals surface area contributed by atoms with Crippen LogP contribution in [-0.2, 0) is 15.3 Å². The summed E-state index contributed by atoms with van der Waals surface area (Å²) in [6, 6.07) is 10.8. The Bertz CT molecular complexity index is 735. The molecule has 1 aliphatic heterocycles. The molecule has 0 unspecified atom stereocenters. The lowest BCUT2D eigenvalue weighted by Crippen LogP contribution is -2.46. The number of rotatable bonds is 7. The van der Waals surface area contributed by atoms with E-state index in [0.29, 0.717) is 13.1 Å². The van der Waals surface area contributed by atoms with Crippen LogP contribution in [0.4, 0.5) is 0 Å². The van der Waals surface area contributed by atoms with Crippen LogP contribution in [0.2, 0.25) is 0 Å². The van der Waals surface area contributed by atoms with Crippen molar-refractivity contribution in [2.75, 3.05) is 50.8 Å². The molecule has 0 atom stereocenters. The topological polar surface area (TPSA) is 73.8 Å². The molecule has 0 bridgehead atoms. The highest BCUT2D eigenvalue weighted by molar-refractivity contribution is 14.0. The summed E-state index contributed by atoms with van der Waals surface area (Å²) < 4.78 is 23.1. The van der Waals surface area contributed by atoms with Crippen LogP contribution in [0, 0.1) is 0 Å². The largest absolute Gasteiger partial charge is 0.357 e. The molecule has 1 aromatic carbocycles. The fraction of sp³-hybridized carbons (Fsp3) is 0.667. The van der Waals surface area contributed by atoms with E-state index in [-0.39, 0.29) is 40.9 Å². The van der Waals surface area contributed by atoms with Crippen LogP contribution in [0.25, 0.3) is 0 Å². The quantitative estimate of drug-likeness (QED) is 0.320. The maximum absolute atomic E-state index is 11.6. The summed E-state index contributed by atoms with van der Waals surface area (Å²) >= 11 is 0. The molecule has 3 rings (SSSR count). The average molecular weight is 535 g/mol. The van der Waals surface area contributed by atoms with Crippen LogP contribution in [0.5, 0.6) is 0 Å². The SMILES string of the molecule is CCNC(=NCC1(c2ccccc2)CCCC1)NCCN1CCS(=O)(=O)CC1.I. The Morgan fingerprint density at radius 1 is 1.10 bits per heavy atom. The minimum atomic E-state index is -2.82. The van der Waals surface area contributed by atoms with E-state index in [1.54, 1.807) is 0 Å². The highest BCUT2D eigenvalue weighted by Gasteiger charge is 2.35. The molecule has 0 amide bonds. The Hall–Kier alpha value is -0.870. The first-order chi connectivity index (χ1) is 13.5. The maximum atomic E-state index is 11.6. The molecule has 29 heavy (non-hydrogen) atoms. The summed E-state index contributed by atoms with van der Waals surface area (Å²) in [5.41, 5.74) is 1.56. The number of guanidine groups is 1. The van der Waals surface area contributed by atoms with Gasteiger partial charge in [0, 0.05) is 38.1 Å². The van der Waals surface area contributed by atoms with Gasteiger partial charge in [-0.1, -0.05) is 43.2 Å². The van der Waals surface area contributed by atoms with E-state index in [2.05, 4.69) is 52.8 Å². The van der Waals surface area contributed by atoms with Crippen molar-refractivity contribution in [2.24, 2.45) is 4.99 Å². The van der Waals surface area contributed by atoms with Gasteiger partial charge in [0.2, 0.25) is 0 Å². The second kappa shape index (κ2) is 11.5. The van der Waals surface area contributed by atoms with Gasteiger partial charge < -0.3 is 10.6 Å². The lowest BCUT2D eigenvalue weighted by atomic mass is 9.79. The smallest absolute Gasteiger partial charge is 0.191 e. The predicted octanol–water partition coefficient (Wildman–Crippen LogP) is 2.40. The van der Waals surface area contributed by atoms with E-state index < -0.39 is 9.84 Å². The summed E-state index contributed by atoms with van der Waals surface area (Å²) in [5, 5.41) is 6.78. The standard InChI is InChI=1S/C21H34N4O2S.HI/c1-2-22-20(23-12-13-25-14-16-28(26,27)17-15-25)24-18-21(10-6-7-11-21)19-8-4-3-5-9-19;/h3-5,8-9H,2,6-7,10-18H2,1H3,(H2,22,23,24);1H. The van der Waals surface area contributed by atoms with E-state index in [4.69, 9.17) is 4.99 Å². The second-order valence-electron chi connectivity index (χ2n) is 7.97. The molecule has 6 nitrogen and oxygen atoms in total. The lowest BCUT2D eigenvalue weighted by Gasteiger charge is -2.29. The zero-order chi connectivity index (χ0) is 19.9. The summed E-state index contributed by atoms with van der Waals surface area (Å²) in [6.45, 7) is 6.58. The molecule has 1 saturated carbocycles. The Morgan fingerprint density at radius 2 is 1.76 bits per heavy atom. The summed E-state index contributed by atoms with van der Waals surface area (Å²) in [5.74, 6) is 1.41. The first-order valence-corrected chi connectivity index (χ1v) is 12.4. The molecule has 1 saturated heterocycles. The Labute approximate surface area is 192 Å². The van der Waals surface area contributed by atoms with Gasteiger partial charge in [-0.05, 0) is 25.3 Å². The van der Waals surface area contributed by atoms with Crippen LogP contribution < -0.4 is 10.6 Å². The maximum Gasteiger partial charge on any atom is 0.191 e. The third-order valence-electron chi connectivity index (χ3n) is 5.99. The number of sulfone groups is 1. The number of aliphatic imine (C=N–C) groups is 1. The molecule has 0 spiro atoms. The molecular weight excluding hydrogens is 499 g/mol. The number of benzene rings is 1. The van der Waals surface area contributed by atoms with Crippen LogP contribution in [0.15, 0.2) is 35.3 Å². The van der Waals surface area contributed by atoms with Crippen LogP contribution in [0.3, 0.4) is 0 Å². The van der Waals surface area contributed by atoms with Gasteiger partial charge in [-0.3, -0.25) is 9.89 Å². The fourth-order valence-electron chi connectivity index (χ4n) is 4.26. The van der Waals surface area contributed by atoms with E-state index in [1.165, 1.54) is 31.2 Å². The van der Waals surface area contributed by atoms with Gasteiger partial charge in [-0.2, -0.15) is 0 Å². The van der Waals surface area contributed by atoms with E-state index >= 15 is 0 Å². The summed E-state index contributed by atoms with van der Waals surface area (Å²) in [6.07, 6.45) is 4.93. The van der Waals surface area contributed by atoms with Crippen molar-refractivity contribution in [3.05, 3.63) is 35.9 Å². The molecular formula is C21H35IN4O2S. The molecule has 164 valence electrons. The predicted molar refractivity (Wildman–Crippen MR) is 131 cm³/mol. The summed E-state index contributed by atoms with van der Waals surface area (Å²) in [7, 11) is -2.82. The minimum absolute atomic E-state index is 0. The van der Waals surface area contributed by atoms with E-state index in [9.17, 15) is 8.42 Å². The van der Waals surface area contributed by atoms with Gasteiger partial charge in [0.25, 0.3) is 0 Å². The second-order valence-corrected chi connectivity index (χ2v) is 10.3. The third kappa shape index (κ3) is 7.10. The van der Waals surface area contributed by atoms with Gasteiger partial charge in [0.1, 0.15) is 0 Å². The van der Waals surface area contributed by atoms with Gasteiger partial charge >= 0.3 is 0 Å². The summed E-state index contributed by atoms with van der Waals surface area (Å²) in [4.78, 5) is 7.14. The fourth-order valence-corrected chi connectivity index (χ4v) is 5.54. The van der Waals surface area contributed by atoms with Gasteiger partial charge in [-0.25, -0.2) is 8.42 Å². The number of nitrogens with zero attached hydrogens (tertiary/aromatic N) is 2. The number of nitrogens with one attached hydrogen (secondary N) is 2. The Balaban J connectivity index is 0.00000300. The van der Waals surface area contributed by atoms with Crippen LogP contribution in [-0.4, -0.2) is 70.1 Å². The molecule has 2 fully saturated rings. The van der Waals surface area contributed by atoms with Crippen molar-refractivity contribution in [3.8, 4) is 0 Å². The van der Waals surface area contributed by atoms with Crippen molar-refractivity contribution in [1.29, 1.82) is 0 Å². The van der Waals surface area contributed by atoms with Crippen molar-refractivity contribution >= 4 is 39.8 Å². The molecule has 2 N–H and O–H groups in total. The third-order valence-corrected chi connectivity index (χ3v) is 7.60. The lowest BCUT2D eigenvalue weighted by molar-refractivity contribution is 0.299. The van der Waals surface area contributed by atoms with Crippen LogP contribution in [0.1, 0.15) is 38.2 Å². The molecule has 0 radical (unpaired) electrons. The highest BCUT2D eigenvalue weighted by atomic mass is 127. The molecule has 1 aromatic rings. The van der Waals surface area contributed by atoms with E-state index in [1.807, 2.05) is 0 Å². The Morgan fingerprint density at radius 3 is 2.38 bits per heavy atom. The number of halogens is 1. The van der Waals surface area contributed by atoms with E-state index in [0.717, 1.165) is 32.1 Å². The van der Waals surface area contributed by atoms with Gasteiger partial charge in [-0.15, -0.1) is 24.0 Å². The first-order valence-electron chi connectivity index (χ1n) is 10.5. The van der Waals surface area contributed by atoms with Gasteiger partial charge in [0.15, 0.2) is 15.8 Å². The monoisotopic (exact) mass is 534 g/mol. The number of hydrogen-bond acceptors (Lipinski definition) is 4.